The van der Waals surface area contributed by atoms with Gasteiger partial charge in [-0.2, -0.15) is 0 Å². The van der Waals surface area contributed by atoms with E-state index in [0.717, 1.165) is 32.5 Å². The van der Waals surface area contributed by atoms with Crippen LogP contribution in [-0.4, -0.2) is 37.5 Å². The van der Waals surface area contributed by atoms with Crippen molar-refractivity contribution in [3.63, 3.8) is 0 Å². The summed E-state index contributed by atoms with van der Waals surface area (Å²) in [5.74, 6) is 0.870. The highest BCUT2D eigenvalue weighted by atomic mass is 32.1. The van der Waals surface area contributed by atoms with Crippen molar-refractivity contribution in [3.8, 4) is 11.5 Å². The van der Waals surface area contributed by atoms with Gasteiger partial charge in [0.05, 0.1) is 6.61 Å². The predicted molar refractivity (Wildman–Crippen MR) is 105 cm³/mol. The molecule has 0 bridgehead atoms. The Labute approximate surface area is 168 Å². The van der Waals surface area contributed by atoms with Gasteiger partial charge in [0.25, 0.3) is 0 Å². The molecule has 2 heterocycles. The lowest BCUT2D eigenvalue weighted by atomic mass is 9.84. The Morgan fingerprint density at radius 1 is 1.18 bits per heavy atom. The monoisotopic (exact) mass is 413 g/mol. The summed E-state index contributed by atoms with van der Waals surface area (Å²) in [5, 5.41) is 2.09. The second-order valence-corrected chi connectivity index (χ2v) is 8.14. The number of rotatable bonds is 8. The first kappa shape index (κ1) is 21.0. The van der Waals surface area contributed by atoms with Gasteiger partial charge in [0.15, 0.2) is 0 Å². The zero-order valence-corrected chi connectivity index (χ0v) is 16.8. The van der Waals surface area contributed by atoms with E-state index in [0.29, 0.717) is 24.2 Å². The van der Waals surface area contributed by atoms with Gasteiger partial charge >= 0.3 is 6.36 Å². The van der Waals surface area contributed by atoms with Crippen molar-refractivity contribution in [2.75, 3.05) is 26.2 Å². The number of ether oxygens (including phenoxy) is 2. The molecule has 1 aliphatic rings. The van der Waals surface area contributed by atoms with Crippen molar-refractivity contribution in [2.45, 2.75) is 38.5 Å². The van der Waals surface area contributed by atoms with Crippen molar-refractivity contribution in [3.05, 3.63) is 46.7 Å². The van der Waals surface area contributed by atoms with Crippen LogP contribution in [0.4, 0.5) is 13.2 Å². The van der Waals surface area contributed by atoms with Crippen molar-refractivity contribution < 1.29 is 22.6 Å². The molecule has 1 aromatic heterocycles. The summed E-state index contributed by atoms with van der Waals surface area (Å²) in [6.45, 7) is 5.77. The molecule has 154 valence electrons. The van der Waals surface area contributed by atoms with E-state index >= 15 is 0 Å². The number of piperidine rings is 1. The quantitative estimate of drug-likeness (QED) is 0.535. The molecule has 0 radical (unpaired) electrons. The van der Waals surface area contributed by atoms with Gasteiger partial charge in [0.2, 0.25) is 0 Å². The fourth-order valence-corrected chi connectivity index (χ4v) is 4.66. The molecule has 1 aliphatic heterocycles. The highest BCUT2D eigenvalue weighted by Gasteiger charge is 2.32. The van der Waals surface area contributed by atoms with E-state index in [1.54, 1.807) is 17.4 Å². The first-order valence-electron chi connectivity index (χ1n) is 9.69. The highest BCUT2D eigenvalue weighted by molar-refractivity contribution is 7.10. The average molecular weight is 414 g/mol. The van der Waals surface area contributed by atoms with Gasteiger partial charge < -0.3 is 14.4 Å². The Kier molecular flexibility index (Phi) is 7.24. The van der Waals surface area contributed by atoms with E-state index in [4.69, 9.17) is 4.74 Å². The van der Waals surface area contributed by atoms with Crippen LogP contribution in [0.3, 0.4) is 0 Å². The van der Waals surface area contributed by atoms with Crippen LogP contribution in [0, 0.1) is 5.92 Å². The number of hydrogen-bond acceptors (Lipinski definition) is 4. The molecule has 3 nitrogen and oxygen atoms in total. The van der Waals surface area contributed by atoms with Gasteiger partial charge in [-0.1, -0.05) is 25.5 Å². The van der Waals surface area contributed by atoms with Crippen LogP contribution >= 0.6 is 11.3 Å². The number of nitrogens with zero attached hydrogens (tertiary/aromatic N) is 1. The van der Waals surface area contributed by atoms with Crippen molar-refractivity contribution in [1.29, 1.82) is 0 Å². The van der Waals surface area contributed by atoms with Crippen LogP contribution in [0.15, 0.2) is 41.8 Å². The summed E-state index contributed by atoms with van der Waals surface area (Å²) in [6.07, 6.45) is -1.28. The van der Waals surface area contributed by atoms with E-state index in [-0.39, 0.29) is 5.75 Å². The molecular weight excluding hydrogens is 387 g/mol. The van der Waals surface area contributed by atoms with E-state index in [2.05, 4.69) is 34.1 Å². The molecule has 2 aromatic rings. The predicted octanol–water partition coefficient (Wildman–Crippen LogP) is 5.93. The SMILES string of the molecule is CCCCN1CC[C@@H](c2cccs2)[C@H](COc2cccc(OC(F)(F)F)c2)C1. The summed E-state index contributed by atoms with van der Waals surface area (Å²) in [7, 11) is 0. The number of thiophene rings is 1. The topological polar surface area (TPSA) is 21.7 Å². The highest BCUT2D eigenvalue weighted by Crippen LogP contribution is 2.36. The van der Waals surface area contributed by atoms with E-state index in [1.807, 2.05) is 0 Å². The Hall–Kier alpha value is -1.73. The molecule has 2 atom stereocenters. The van der Waals surface area contributed by atoms with Gasteiger partial charge in [0.1, 0.15) is 11.5 Å². The van der Waals surface area contributed by atoms with Crippen LogP contribution in [0.1, 0.15) is 37.0 Å². The smallest absolute Gasteiger partial charge is 0.493 e. The van der Waals surface area contributed by atoms with Crippen molar-refractivity contribution in [1.82, 2.24) is 4.90 Å². The standard InChI is InChI=1S/C21H26F3NO2S/c1-2-3-10-25-11-9-19(20-8-5-12-28-20)16(14-25)15-26-17-6-4-7-18(13-17)27-21(22,23)24/h4-8,12-13,16,19H,2-3,9-11,14-15H2,1H3/t16-,19+/m0/s1. The summed E-state index contributed by atoms with van der Waals surface area (Å²) < 4.78 is 47.2. The molecular formula is C21H26F3NO2S. The number of benzene rings is 1. The van der Waals surface area contributed by atoms with Gasteiger partial charge in [-0.3, -0.25) is 0 Å². The minimum absolute atomic E-state index is 0.256. The van der Waals surface area contributed by atoms with Gasteiger partial charge in [-0.15, -0.1) is 24.5 Å². The molecule has 1 aromatic carbocycles. The second kappa shape index (κ2) is 9.65. The lowest BCUT2D eigenvalue weighted by Gasteiger charge is -2.38. The molecule has 28 heavy (non-hydrogen) atoms. The van der Waals surface area contributed by atoms with E-state index < -0.39 is 6.36 Å². The maximum Gasteiger partial charge on any atom is 0.573 e. The maximum absolute atomic E-state index is 12.4. The lowest BCUT2D eigenvalue weighted by Crippen LogP contribution is -2.42. The molecule has 1 fully saturated rings. The fraction of sp³-hybridized carbons (Fsp3) is 0.524. The van der Waals surface area contributed by atoms with Gasteiger partial charge in [0, 0.05) is 29.3 Å². The average Bonchev–Trinajstić information content (AvgIpc) is 3.18. The number of halogens is 3. The summed E-state index contributed by atoms with van der Waals surface area (Å²) in [6, 6.07) is 10.00. The molecule has 0 spiro atoms. The number of hydrogen-bond donors (Lipinski definition) is 0. The molecule has 1 saturated heterocycles. The van der Waals surface area contributed by atoms with E-state index in [1.165, 1.54) is 29.5 Å². The van der Waals surface area contributed by atoms with Crippen molar-refractivity contribution in [2.24, 2.45) is 5.92 Å². The molecule has 3 rings (SSSR count). The largest absolute Gasteiger partial charge is 0.573 e. The fourth-order valence-electron chi connectivity index (χ4n) is 3.70. The lowest BCUT2D eigenvalue weighted by molar-refractivity contribution is -0.274. The second-order valence-electron chi connectivity index (χ2n) is 7.16. The van der Waals surface area contributed by atoms with Crippen LogP contribution in [0.5, 0.6) is 11.5 Å². The molecule has 0 unspecified atom stereocenters. The minimum Gasteiger partial charge on any atom is -0.493 e. The molecule has 0 amide bonds. The summed E-state index contributed by atoms with van der Waals surface area (Å²) in [4.78, 5) is 3.84. The first-order valence-corrected chi connectivity index (χ1v) is 10.6. The number of alkyl halides is 3. The van der Waals surface area contributed by atoms with Gasteiger partial charge in [-0.05, 0) is 49.5 Å². The normalized spacial score (nSPS) is 20.9. The third-order valence-electron chi connectivity index (χ3n) is 5.06. The third-order valence-corrected chi connectivity index (χ3v) is 6.06. The molecule has 0 aliphatic carbocycles. The van der Waals surface area contributed by atoms with E-state index in [9.17, 15) is 13.2 Å². The van der Waals surface area contributed by atoms with Crippen LogP contribution in [-0.2, 0) is 0 Å². The zero-order chi connectivity index (χ0) is 20.0. The third kappa shape index (κ3) is 6.14. The zero-order valence-electron chi connectivity index (χ0n) is 16.0. The minimum atomic E-state index is -4.70. The number of likely N-dealkylation sites (tertiary alicyclic amines) is 1. The van der Waals surface area contributed by atoms with Crippen LogP contribution in [0.2, 0.25) is 0 Å². The molecule has 0 N–H and O–H groups in total. The Morgan fingerprint density at radius 2 is 2.00 bits per heavy atom. The van der Waals surface area contributed by atoms with Crippen LogP contribution in [0.25, 0.3) is 0 Å². The Morgan fingerprint density at radius 3 is 2.71 bits per heavy atom. The van der Waals surface area contributed by atoms with Crippen molar-refractivity contribution >= 4 is 11.3 Å². The Balaban J connectivity index is 1.65. The Bertz CT molecular complexity index is 721. The summed E-state index contributed by atoms with van der Waals surface area (Å²) >= 11 is 1.76. The first-order chi connectivity index (χ1) is 13.4. The van der Waals surface area contributed by atoms with Crippen LogP contribution < -0.4 is 9.47 Å². The molecule has 0 saturated carbocycles. The molecule has 7 heteroatoms. The summed E-state index contributed by atoms with van der Waals surface area (Å²) in [5.41, 5.74) is 0. The maximum atomic E-state index is 12.4. The number of unbranched alkanes of at least 4 members (excludes halogenated alkanes) is 1. The van der Waals surface area contributed by atoms with Gasteiger partial charge in [-0.25, -0.2) is 0 Å².